The summed E-state index contributed by atoms with van der Waals surface area (Å²) in [6.07, 6.45) is 20.0. The summed E-state index contributed by atoms with van der Waals surface area (Å²) in [5.74, 6) is 0. The molecule has 0 atom stereocenters. The molecule has 0 aromatic rings. The van der Waals surface area contributed by atoms with E-state index in [1.54, 1.807) is 0 Å². The molecule has 0 saturated carbocycles. The molecule has 0 spiro atoms. The summed E-state index contributed by atoms with van der Waals surface area (Å²) in [7, 11) is 9.87. The van der Waals surface area contributed by atoms with E-state index in [1.165, 1.54) is 0 Å². The van der Waals surface area contributed by atoms with Crippen molar-refractivity contribution in [2.75, 3.05) is 0 Å². The minimum atomic E-state index is -0.826. The Hall–Kier alpha value is 0.423. The number of allylic oxidation sites excluding steroid dienone is 8. The van der Waals surface area contributed by atoms with Gasteiger partial charge in [0.15, 0.2) is 0 Å². The summed E-state index contributed by atoms with van der Waals surface area (Å²) in [5.41, 5.74) is 0. The van der Waals surface area contributed by atoms with E-state index in [9.17, 15) is 0 Å². The van der Waals surface area contributed by atoms with Gasteiger partial charge in [0.2, 0.25) is 0 Å². The molecule has 0 aliphatic heterocycles. The van der Waals surface area contributed by atoms with E-state index in [4.69, 9.17) is 17.0 Å². The van der Waals surface area contributed by atoms with Crippen LogP contribution in [-0.2, 0) is 20.8 Å². The van der Waals surface area contributed by atoms with Crippen molar-refractivity contribution in [3.8, 4) is 0 Å². The molecule has 0 radical (unpaired) electrons. The molecule has 2 rings (SSSR count). The van der Waals surface area contributed by atoms with Gasteiger partial charge >= 0.3 is 37.9 Å². The van der Waals surface area contributed by atoms with Crippen molar-refractivity contribution in [2.45, 2.75) is 12.8 Å². The van der Waals surface area contributed by atoms with Crippen molar-refractivity contribution in [1.82, 2.24) is 0 Å². The van der Waals surface area contributed by atoms with Crippen LogP contribution in [0.5, 0.6) is 0 Å². The van der Waals surface area contributed by atoms with Crippen LogP contribution >= 0.6 is 17.0 Å². The fourth-order valence-electron chi connectivity index (χ4n) is 0.680. The van der Waals surface area contributed by atoms with E-state index in [0.29, 0.717) is 0 Å². The van der Waals surface area contributed by atoms with Gasteiger partial charge in [0.25, 0.3) is 0 Å². The fourth-order valence-corrected chi connectivity index (χ4v) is 0.680. The van der Waals surface area contributed by atoms with Crippen molar-refractivity contribution in [3.05, 3.63) is 48.6 Å². The van der Waals surface area contributed by atoms with Crippen molar-refractivity contribution < 1.29 is 20.8 Å². The first-order valence-corrected chi connectivity index (χ1v) is 10.1. The molecule has 0 fully saturated rings. The van der Waals surface area contributed by atoms with Crippen LogP contribution in [0.15, 0.2) is 36.5 Å². The molecule has 13 heavy (non-hydrogen) atoms. The SMILES string of the molecule is [C-]1=CC=CC1.[C-]1=CC=CC1.[Cl][Zr+2][Cl]. The van der Waals surface area contributed by atoms with Crippen molar-refractivity contribution in [2.24, 2.45) is 0 Å². The maximum absolute atomic E-state index is 4.93. The van der Waals surface area contributed by atoms with Gasteiger partial charge in [-0.2, -0.15) is 12.2 Å². The average Bonchev–Trinajstić information content (AvgIpc) is 2.85. The molecule has 0 nitrogen and oxygen atoms in total. The van der Waals surface area contributed by atoms with Gasteiger partial charge in [-0.05, 0) is 0 Å². The molecule has 2 aliphatic carbocycles. The Balaban J connectivity index is 0.000000174. The molecule has 0 N–H and O–H groups in total. The molecule has 0 unspecified atom stereocenters. The number of hydrogen-bond donors (Lipinski definition) is 0. The molecular weight excluding hydrogens is 282 g/mol. The first kappa shape index (κ1) is 13.4. The van der Waals surface area contributed by atoms with E-state index in [-0.39, 0.29) is 0 Å². The second-order valence-corrected chi connectivity index (χ2v) is 5.81. The second kappa shape index (κ2) is 12.4. The number of halogens is 2. The zero-order chi connectivity index (χ0) is 9.78. The van der Waals surface area contributed by atoms with Gasteiger partial charge in [-0.25, -0.2) is 24.3 Å². The summed E-state index contributed by atoms with van der Waals surface area (Å²) in [6, 6.07) is 0. The monoisotopic (exact) mass is 290 g/mol. The van der Waals surface area contributed by atoms with Gasteiger partial charge in [-0.3, -0.25) is 12.2 Å². The molecular formula is C10H10Cl2Zr. The molecule has 3 heteroatoms. The number of hydrogen-bond acceptors (Lipinski definition) is 0. The Bertz CT molecular complexity index is 163. The van der Waals surface area contributed by atoms with Gasteiger partial charge in [0.1, 0.15) is 0 Å². The van der Waals surface area contributed by atoms with Crippen molar-refractivity contribution in [3.63, 3.8) is 0 Å². The summed E-state index contributed by atoms with van der Waals surface area (Å²) >= 11 is -0.826. The molecule has 0 bridgehead atoms. The Morgan fingerprint density at radius 2 is 1.31 bits per heavy atom. The third kappa shape index (κ3) is 12.4. The van der Waals surface area contributed by atoms with Gasteiger partial charge in [-0.1, -0.05) is 0 Å². The summed E-state index contributed by atoms with van der Waals surface area (Å²) in [4.78, 5) is 0. The molecule has 0 amide bonds. The van der Waals surface area contributed by atoms with Crippen LogP contribution in [0, 0.1) is 12.2 Å². The number of rotatable bonds is 0. The Morgan fingerprint density at radius 3 is 1.38 bits per heavy atom. The Labute approximate surface area is 98.7 Å². The quantitative estimate of drug-likeness (QED) is 0.592. The van der Waals surface area contributed by atoms with E-state index >= 15 is 0 Å². The molecule has 68 valence electrons. The van der Waals surface area contributed by atoms with Crippen LogP contribution in [-0.4, -0.2) is 0 Å². The fraction of sp³-hybridized carbons (Fsp3) is 0.200. The molecule has 0 saturated heterocycles. The van der Waals surface area contributed by atoms with Gasteiger partial charge in [0, 0.05) is 0 Å². The Kier molecular flexibility index (Phi) is 12.8. The summed E-state index contributed by atoms with van der Waals surface area (Å²) in [6.45, 7) is 0. The van der Waals surface area contributed by atoms with E-state index in [0.717, 1.165) is 12.8 Å². The van der Waals surface area contributed by atoms with Crippen LogP contribution in [0.3, 0.4) is 0 Å². The first-order valence-electron chi connectivity index (χ1n) is 3.81. The summed E-state index contributed by atoms with van der Waals surface area (Å²) in [5, 5.41) is 0. The predicted octanol–water partition coefficient (Wildman–Crippen LogP) is 3.99. The summed E-state index contributed by atoms with van der Waals surface area (Å²) < 4.78 is 0. The van der Waals surface area contributed by atoms with E-state index < -0.39 is 20.8 Å². The van der Waals surface area contributed by atoms with Crippen LogP contribution in [0.25, 0.3) is 0 Å². The molecule has 0 heterocycles. The predicted molar refractivity (Wildman–Crippen MR) is 54.8 cm³/mol. The average molecular weight is 292 g/mol. The van der Waals surface area contributed by atoms with Gasteiger partial charge < -0.3 is 0 Å². The molecule has 0 aromatic carbocycles. The van der Waals surface area contributed by atoms with Crippen molar-refractivity contribution >= 4 is 17.0 Å². The van der Waals surface area contributed by atoms with E-state index in [2.05, 4.69) is 24.3 Å². The topological polar surface area (TPSA) is 0 Å². The molecule has 2 aliphatic rings. The van der Waals surface area contributed by atoms with Crippen LogP contribution in [0.2, 0.25) is 0 Å². The molecule has 0 aromatic heterocycles. The standard InChI is InChI=1S/2C5H5.2ClH.Zr/c2*1-2-4-5-3-1;;;/h2*1-3H,4H2;2*1H;/q2*-1;;;+4/p-2. The zero-order valence-corrected chi connectivity index (χ0v) is 11.1. The third-order valence-corrected chi connectivity index (χ3v) is 1.17. The van der Waals surface area contributed by atoms with Gasteiger partial charge in [0.05, 0.1) is 0 Å². The van der Waals surface area contributed by atoms with E-state index in [1.807, 2.05) is 24.3 Å². The third-order valence-electron chi connectivity index (χ3n) is 1.17. The van der Waals surface area contributed by atoms with Crippen LogP contribution in [0.1, 0.15) is 12.8 Å². The zero-order valence-electron chi connectivity index (χ0n) is 7.13. The van der Waals surface area contributed by atoms with Crippen LogP contribution in [0.4, 0.5) is 0 Å². The Morgan fingerprint density at radius 1 is 0.923 bits per heavy atom. The maximum atomic E-state index is 4.93. The normalized spacial score (nSPS) is 14.3. The second-order valence-electron chi connectivity index (χ2n) is 2.08. The van der Waals surface area contributed by atoms with Gasteiger partial charge in [-0.15, -0.1) is 12.8 Å². The van der Waals surface area contributed by atoms with Crippen molar-refractivity contribution in [1.29, 1.82) is 0 Å². The first-order chi connectivity index (χ1) is 6.41. The minimum absolute atomic E-state index is 0.826. The van der Waals surface area contributed by atoms with Crippen LogP contribution < -0.4 is 0 Å².